The Balaban J connectivity index is 0. The molecule has 1 unspecified atom stereocenters. The molecule has 0 aromatic heterocycles. The van der Waals surface area contributed by atoms with Crippen LogP contribution in [-0.4, -0.2) is 37.8 Å². The van der Waals surface area contributed by atoms with Crippen LogP contribution in [0.3, 0.4) is 0 Å². The molecule has 0 aliphatic rings. The van der Waals surface area contributed by atoms with Gasteiger partial charge in [0, 0.05) is 13.0 Å². The Morgan fingerprint density at radius 2 is 1.14 bits per heavy atom. The fourth-order valence-corrected chi connectivity index (χ4v) is 4.05. The van der Waals surface area contributed by atoms with Gasteiger partial charge >= 0.3 is 0 Å². The smallest absolute Gasteiger partial charge is 0.142 e. The van der Waals surface area contributed by atoms with Crippen LogP contribution in [0.25, 0.3) is 0 Å². The molecule has 0 spiro atoms. The van der Waals surface area contributed by atoms with Gasteiger partial charge in [-0.3, -0.25) is 5.32 Å². The molecule has 0 aliphatic carbocycles. The second kappa shape index (κ2) is 20.2. The summed E-state index contributed by atoms with van der Waals surface area (Å²) in [7, 11) is 4.75. The van der Waals surface area contributed by atoms with Crippen molar-refractivity contribution in [3.63, 3.8) is 0 Å². The highest BCUT2D eigenvalue weighted by Gasteiger charge is 2.25. The van der Waals surface area contributed by atoms with E-state index in [9.17, 15) is 0 Å². The largest absolute Gasteiger partial charge is 1.00 e. The summed E-state index contributed by atoms with van der Waals surface area (Å²) in [6, 6.07) is 0. The number of hydrogen-bond acceptors (Lipinski definition) is 1. The van der Waals surface area contributed by atoms with E-state index in [1.807, 2.05) is 0 Å². The van der Waals surface area contributed by atoms with Gasteiger partial charge in [-0.1, -0.05) is 103 Å². The van der Waals surface area contributed by atoms with Crippen LogP contribution in [0.15, 0.2) is 12.2 Å². The molecule has 3 heteroatoms. The van der Waals surface area contributed by atoms with E-state index in [1.54, 1.807) is 0 Å². The molecule has 0 heterocycles. The van der Waals surface area contributed by atoms with Crippen molar-refractivity contribution in [2.75, 3.05) is 27.2 Å². The fourth-order valence-electron chi connectivity index (χ4n) is 4.05. The van der Waals surface area contributed by atoms with Crippen molar-refractivity contribution < 1.29 is 16.9 Å². The van der Waals surface area contributed by atoms with Crippen LogP contribution in [-0.2, 0) is 0 Å². The Kier molecular flexibility index (Phi) is 21.8. The first kappa shape index (κ1) is 30.1. The summed E-state index contributed by atoms with van der Waals surface area (Å²) in [5.74, 6) is 0. The van der Waals surface area contributed by atoms with Crippen molar-refractivity contribution in [3.8, 4) is 0 Å². The maximum atomic E-state index is 4.02. The molecule has 1 atom stereocenters. The zero-order valence-electron chi connectivity index (χ0n) is 20.1. The third-order valence-electron chi connectivity index (χ3n) is 5.96. The molecule has 0 fully saturated rings. The minimum Gasteiger partial charge on any atom is -1.00 e. The van der Waals surface area contributed by atoms with E-state index in [1.165, 1.54) is 108 Å². The van der Waals surface area contributed by atoms with Crippen LogP contribution < -0.4 is 17.7 Å². The zero-order valence-corrected chi connectivity index (χ0v) is 20.9. The van der Waals surface area contributed by atoms with Crippen molar-refractivity contribution in [3.05, 3.63) is 12.2 Å². The summed E-state index contributed by atoms with van der Waals surface area (Å²) >= 11 is 0. The summed E-state index contributed by atoms with van der Waals surface area (Å²) < 4.78 is 1.09. The molecular weight excluding hydrogens is 364 g/mol. The third-order valence-corrected chi connectivity index (χ3v) is 5.96. The predicted octanol–water partition coefficient (Wildman–Crippen LogP) is 4.45. The van der Waals surface area contributed by atoms with Crippen LogP contribution in [0.1, 0.15) is 117 Å². The summed E-state index contributed by atoms with van der Waals surface area (Å²) in [5.41, 5.74) is 1.23. The normalized spacial score (nSPS) is 12.6. The Morgan fingerprint density at radius 1 is 0.750 bits per heavy atom. The number of quaternary nitrogens is 1. The quantitative estimate of drug-likeness (QED) is 0.134. The van der Waals surface area contributed by atoms with Crippen molar-refractivity contribution >= 4 is 0 Å². The molecule has 0 aromatic rings. The monoisotopic (exact) mass is 416 g/mol. The molecule has 0 saturated carbocycles. The van der Waals surface area contributed by atoms with Crippen LogP contribution in [0.2, 0.25) is 0 Å². The molecule has 0 radical (unpaired) electrons. The van der Waals surface area contributed by atoms with E-state index in [0.29, 0.717) is 6.17 Å². The van der Waals surface area contributed by atoms with Gasteiger partial charge in [-0.25, -0.2) is 0 Å². The van der Waals surface area contributed by atoms with Crippen LogP contribution in [0.4, 0.5) is 0 Å². The fraction of sp³-hybridized carbons (Fsp3) is 0.920. The topological polar surface area (TPSA) is 12.0 Å². The summed E-state index contributed by atoms with van der Waals surface area (Å²) in [4.78, 5) is 0. The summed E-state index contributed by atoms with van der Waals surface area (Å²) in [5, 5.41) is 3.68. The number of rotatable bonds is 20. The van der Waals surface area contributed by atoms with E-state index in [2.05, 4.69) is 46.8 Å². The van der Waals surface area contributed by atoms with E-state index in [-0.39, 0.29) is 12.4 Å². The van der Waals surface area contributed by atoms with E-state index < -0.39 is 0 Å². The first-order valence-corrected chi connectivity index (χ1v) is 12.1. The average Bonchev–Trinajstić information content (AvgIpc) is 2.62. The lowest BCUT2D eigenvalue weighted by Gasteiger charge is -2.38. The zero-order chi connectivity index (χ0) is 20.4. The number of nitrogens with zero attached hydrogens (tertiary/aromatic N) is 1. The highest BCUT2D eigenvalue weighted by molar-refractivity contribution is 4.90. The first-order valence-electron chi connectivity index (χ1n) is 12.1. The molecule has 28 heavy (non-hydrogen) atoms. The van der Waals surface area contributed by atoms with Gasteiger partial charge < -0.3 is 16.9 Å². The Bertz CT molecular complexity index is 341. The van der Waals surface area contributed by atoms with Crippen molar-refractivity contribution in [2.45, 2.75) is 123 Å². The highest BCUT2D eigenvalue weighted by atomic mass is 35.5. The molecule has 0 aliphatic heterocycles. The van der Waals surface area contributed by atoms with E-state index >= 15 is 0 Å². The van der Waals surface area contributed by atoms with Crippen LogP contribution in [0, 0.1) is 0 Å². The predicted molar refractivity (Wildman–Crippen MR) is 124 cm³/mol. The number of unbranched alkanes of at least 4 members (excludes halogenated alkanes) is 13. The third kappa shape index (κ3) is 18.0. The van der Waals surface area contributed by atoms with Gasteiger partial charge in [0.1, 0.15) is 6.17 Å². The number of halogens is 1. The van der Waals surface area contributed by atoms with Gasteiger partial charge in [-0.2, -0.15) is 0 Å². The average molecular weight is 417 g/mol. The molecule has 2 nitrogen and oxygen atoms in total. The molecule has 0 bridgehead atoms. The van der Waals surface area contributed by atoms with Crippen LogP contribution in [0.5, 0.6) is 0 Å². The lowest BCUT2D eigenvalue weighted by atomic mass is 10.0. The molecule has 0 saturated heterocycles. The number of nitrogens with one attached hydrogen (secondary N) is 1. The second-order valence-corrected chi connectivity index (χ2v) is 9.36. The van der Waals surface area contributed by atoms with Crippen molar-refractivity contribution in [1.82, 2.24) is 5.32 Å². The molecule has 0 amide bonds. The lowest BCUT2D eigenvalue weighted by molar-refractivity contribution is -0.918. The molecule has 170 valence electrons. The standard InChI is InChI=1S/C25H53N2.ClH/c1-7-9-10-11-12-13-14-15-16-17-18-19-20-21-22-27(5,6)25(8-2)26-23-24(3)4;/h25-26H,3,7-23H2,1-2,4-6H3;1H/q+1;/p-1. The Morgan fingerprint density at radius 3 is 1.50 bits per heavy atom. The SMILES string of the molecule is C=C(C)CNC(CC)[N+](C)(C)CCCCCCCCCCCCCCCC.[Cl-]. The maximum Gasteiger partial charge on any atom is 0.142 e. The van der Waals surface area contributed by atoms with Gasteiger partial charge in [0.2, 0.25) is 0 Å². The minimum atomic E-state index is 0. The Hall–Kier alpha value is -0.0500. The van der Waals surface area contributed by atoms with Gasteiger partial charge in [-0.15, -0.1) is 0 Å². The molecule has 0 rings (SSSR count). The van der Waals surface area contributed by atoms with Gasteiger partial charge in [-0.05, 0) is 19.8 Å². The molecule has 0 aromatic carbocycles. The molecule has 1 N–H and O–H groups in total. The van der Waals surface area contributed by atoms with Crippen LogP contribution >= 0.6 is 0 Å². The second-order valence-electron chi connectivity index (χ2n) is 9.36. The first-order chi connectivity index (χ1) is 12.9. The van der Waals surface area contributed by atoms with Gasteiger partial charge in [0.15, 0.2) is 0 Å². The minimum absolute atomic E-state index is 0. The van der Waals surface area contributed by atoms with E-state index in [4.69, 9.17) is 0 Å². The molecular formula is C25H53ClN2. The van der Waals surface area contributed by atoms with Crippen molar-refractivity contribution in [1.29, 1.82) is 0 Å². The number of hydrogen-bond donors (Lipinski definition) is 1. The summed E-state index contributed by atoms with van der Waals surface area (Å²) in [6.07, 6.45) is 21.8. The van der Waals surface area contributed by atoms with Crippen molar-refractivity contribution in [2.24, 2.45) is 0 Å². The lowest BCUT2D eigenvalue weighted by Crippen LogP contribution is -3.00. The highest BCUT2D eigenvalue weighted by Crippen LogP contribution is 2.15. The van der Waals surface area contributed by atoms with Gasteiger partial charge in [0.25, 0.3) is 0 Å². The maximum absolute atomic E-state index is 4.02. The van der Waals surface area contributed by atoms with E-state index in [0.717, 1.165) is 11.0 Å². The van der Waals surface area contributed by atoms with Gasteiger partial charge in [0.05, 0.1) is 20.6 Å². The summed E-state index contributed by atoms with van der Waals surface area (Å²) in [6.45, 7) is 12.9. The Labute approximate surface area is 184 Å².